The molecule has 1 saturated heterocycles. The topological polar surface area (TPSA) is 43.2 Å². The average Bonchev–Trinajstić information content (AvgIpc) is 3.13. The number of hydrogen-bond acceptors (Lipinski definition) is 4. The standard InChI is InChI=1S/C22H26N4O/c1-25-14-17(13-23-25)15-26-11-5-7-19(16-26)22-10-4-9-21(24-22)18-6-3-8-20(12-18)27-2/h3-4,6,8-10,12-14,19H,5,7,11,15-16H2,1-2H3/t19-/m1/s1. The highest BCUT2D eigenvalue weighted by Gasteiger charge is 2.23. The summed E-state index contributed by atoms with van der Waals surface area (Å²) in [5, 5.41) is 4.29. The second-order valence-corrected chi connectivity index (χ2v) is 7.28. The Morgan fingerprint density at radius 3 is 2.89 bits per heavy atom. The molecule has 0 bridgehead atoms. The van der Waals surface area contributed by atoms with Gasteiger partial charge >= 0.3 is 0 Å². The fourth-order valence-electron chi connectivity index (χ4n) is 3.87. The molecule has 0 saturated carbocycles. The number of nitrogens with zero attached hydrogens (tertiary/aromatic N) is 4. The van der Waals surface area contributed by atoms with E-state index in [-0.39, 0.29) is 0 Å². The summed E-state index contributed by atoms with van der Waals surface area (Å²) in [6.45, 7) is 3.14. The van der Waals surface area contributed by atoms with Crippen LogP contribution in [-0.2, 0) is 13.6 Å². The quantitative estimate of drug-likeness (QED) is 0.691. The van der Waals surface area contributed by atoms with E-state index in [2.05, 4.69) is 40.5 Å². The first-order valence-corrected chi connectivity index (χ1v) is 9.52. The molecule has 3 aromatic rings. The molecule has 1 aromatic carbocycles. The van der Waals surface area contributed by atoms with Gasteiger partial charge < -0.3 is 4.74 Å². The highest BCUT2D eigenvalue weighted by molar-refractivity contribution is 5.61. The van der Waals surface area contributed by atoms with Crippen LogP contribution in [0.25, 0.3) is 11.3 Å². The highest BCUT2D eigenvalue weighted by atomic mass is 16.5. The summed E-state index contributed by atoms with van der Waals surface area (Å²) in [5.41, 5.74) is 4.57. The predicted octanol–water partition coefficient (Wildman–Crippen LogP) is 3.87. The molecule has 0 spiro atoms. The van der Waals surface area contributed by atoms with Crippen LogP contribution in [0.4, 0.5) is 0 Å². The molecule has 2 aromatic heterocycles. The fraction of sp³-hybridized carbons (Fsp3) is 0.364. The van der Waals surface area contributed by atoms with Gasteiger partial charge in [0.1, 0.15) is 5.75 Å². The molecule has 0 N–H and O–H groups in total. The van der Waals surface area contributed by atoms with Crippen molar-refractivity contribution in [2.24, 2.45) is 7.05 Å². The first kappa shape index (κ1) is 17.7. The summed E-state index contributed by atoms with van der Waals surface area (Å²) in [4.78, 5) is 7.51. The SMILES string of the molecule is COc1cccc(-c2cccc([C@@H]3CCCN(Cc4cnn(C)c4)C3)n2)c1. The maximum Gasteiger partial charge on any atom is 0.119 e. The van der Waals surface area contributed by atoms with Gasteiger partial charge in [-0.05, 0) is 43.7 Å². The van der Waals surface area contributed by atoms with Crippen molar-refractivity contribution in [3.8, 4) is 17.0 Å². The third-order valence-corrected chi connectivity index (χ3v) is 5.22. The molecule has 1 fully saturated rings. The van der Waals surface area contributed by atoms with Crippen molar-refractivity contribution in [3.05, 3.63) is 66.1 Å². The van der Waals surface area contributed by atoms with Crippen molar-refractivity contribution in [2.45, 2.75) is 25.3 Å². The lowest BCUT2D eigenvalue weighted by molar-refractivity contribution is 0.198. The van der Waals surface area contributed by atoms with E-state index in [1.54, 1.807) is 7.11 Å². The molecule has 0 amide bonds. The smallest absolute Gasteiger partial charge is 0.119 e. The molecular weight excluding hydrogens is 336 g/mol. The van der Waals surface area contributed by atoms with Gasteiger partial charge in [-0.2, -0.15) is 5.10 Å². The molecule has 0 aliphatic carbocycles. The number of aryl methyl sites for hydroxylation is 1. The van der Waals surface area contributed by atoms with E-state index in [1.807, 2.05) is 36.1 Å². The van der Waals surface area contributed by atoms with Crippen LogP contribution in [-0.4, -0.2) is 39.9 Å². The lowest BCUT2D eigenvalue weighted by Gasteiger charge is -2.32. The number of ether oxygens (including phenoxy) is 1. The van der Waals surface area contributed by atoms with E-state index in [0.29, 0.717) is 5.92 Å². The monoisotopic (exact) mass is 362 g/mol. The Morgan fingerprint density at radius 1 is 1.19 bits per heavy atom. The van der Waals surface area contributed by atoms with Crippen molar-refractivity contribution in [1.82, 2.24) is 19.7 Å². The summed E-state index contributed by atoms with van der Waals surface area (Å²) in [5.74, 6) is 1.33. The second kappa shape index (κ2) is 7.92. The number of hydrogen-bond donors (Lipinski definition) is 0. The van der Waals surface area contributed by atoms with Crippen molar-refractivity contribution in [2.75, 3.05) is 20.2 Å². The molecule has 0 unspecified atom stereocenters. The normalized spacial score (nSPS) is 17.8. The Morgan fingerprint density at radius 2 is 2.07 bits per heavy atom. The molecule has 3 heterocycles. The largest absolute Gasteiger partial charge is 0.497 e. The Hall–Kier alpha value is -2.66. The van der Waals surface area contributed by atoms with Crippen molar-refractivity contribution < 1.29 is 4.74 Å². The van der Waals surface area contributed by atoms with Crippen LogP contribution < -0.4 is 4.74 Å². The summed E-state index contributed by atoms with van der Waals surface area (Å²) < 4.78 is 7.22. The number of piperidine rings is 1. The highest BCUT2D eigenvalue weighted by Crippen LogP contribution is 2.29. The van der Waals surface area contributed by atoms with Gasteiger partial charge in [-0.1, -0.05) is 18.2 Å². The van der Waals surface area contributed by atoms with Gasteiger partial charge in [0.15, 0.2) is 0 Å². The maximum atomic E-state index is 5.35. The van der Waals surface area contributed by atoms with Gasteiger partial charge in [0.2, 0.25) is 0 Å². The van der Waals surface area contributed by atoms with Crippen LogP contribution in [0.1, 0.15) is 30.0 Å². The van der Waals surface area contributed by atoms with Gasteiger partial charge in [-0.25, -0.2) is 0 Å². The van der Waals surface area contributed by atoms with E-state index in [1.165, 1.54) is 24.1 Å². The lowest BCUT2D eigenvalue weighted by atomic mass is 9.93. The third kappa shape index (κ3) is 4.19. The van der Waals surface area contributed by atoms with Crippen LogP contribution in [0.2, 0.25) is 0 Å². The predicted molar refractivity (Wildman–Crippen MR) is 107 cm³/mol. The summed E-state index contributed by atoms with van der Waals surface area (Å²) in [6, 6.07) is 14.5. The second-order valence-electron chi connectivity index (χ2n) is 7.28. The molecule has 1 aliphatic rings. The number of aromatic nitrogens is 3. The van der Waals surface area contributed by atoms with Crippen molar-refractivity contribution in [1.29, 1.82) is 0 Å². The molecule has 140 valence electrons. The Labute approximate surface area is 160 Å². The number of methoxy groups -OCH3 is 1. The lowest BCUT2D eigenvalue weighted by Crippen LogP contribution is -2.34. The van der Waals surface area contributed by atoms with E-state index in [4.69, 9.17) is 9.72 Å². The number of pyridine rings is 1. The Bertz CT molecular complexity index is 905. The van der Waals surface area contributed by atoms with Gasteiger partial charge in [0, 0.05) is 49.1 Å². The minimum atomic E-state index is 0.473. The first-order chi connectivity index (χ1) is 13.2. The van der Waals surface area contributed by atoms with E-state index in [9.17, 15) is 0 Å². The fourth-order valence-corrected chi connectivity index (χ4v) is 3.87. The van der Waals surface area contributed by atoms with Crippen LogP contribution in [0.15, 0.2) is 54.9 Å². The van der Waals surface area contributed by atoms with Crippen LogP contribution in [0.5, 0.6) is 5.75 Å². The minimum Gasteiger partial charge on any atom is -0.497 e. The van der Waals surface area contributed by atoms with Crippen LogP contribution in [0, 0.1) is 0 Å². The molecule has 5 heteroatoms. The molecule has 0 radical (unpaired) electrons. The molecule has 1 aliphatic heterocycles. The molecular formula is C22H26N4O. The third-order valence-electron chi connectivity index (χ3n) is 5.22. The molecule has 4 rings (SSSR count). The Kier molecular flexibility index (Phi) is 5.21. The van der Waals surface area contributed by atoms with Gasteiger partial charge in [-0.15, -0.1) is 0 Å². The van der Waals surface area contributed by atoms with Gasteiger partial charge in [0.05, 0.1) is 19.0 Å². The number of rotatable bonds is 5. The zero-order valence-electron chi connectivity index (χ0n) is 16.0. The zero-order valence-corrected chi connectivity index (χ0v) is 16.0. The van der Waals surface area contributed by atoms with Crippen molar-refractivity contribution >= 4 is 0 Å². The van der Waals surface area contributed by atoms with Crippen LogP contribution >= 0.6 is 0 Å². The van der Waals surface area contributed by atoms with E-state index >= 15 is 0 Å². The maximum absolute atomic E-state index is 5.35. The first-order valence-electron chi connectivity index (χ1n) is 9.52. The Balaban J connectivity index is 1.50. The molecule has 27 heavy (non-hydrogen) atoms. The number of benzene rings is 1. The summed E-state index contributed by atoms with van der Waals surface area (Å²) >= 11 is 0. The summed E-state index contributed by atoms with van der Waals surface area (Å²) in [7, 11) is 3.67. The zero-order chi connectivity index (χ0) is 18.6. The molecule has 5 nitrogen and oxygen atoms in total. The summed E-state index contributed by atoms with van der Waals surface area (Å²) in [6.07, 6.45) is 6.46. The average molecular weight is 362 g/mol. The number of likely N-dealkylation sites (tertiary alicyclic amines) is 1. The van der Waals surface area contributed by atoms with E-state index in [0.717, 1.165) is 36.6 Å². The minimum absolute atomic E-state index is 0.473. The van der Waals surface area contributed by atoms with Crippen LogP contribution in [0.3, 0.4) is 0 Å². The van der Waals surface area contributed by atoms with Crippen molar-refractivity contribution in [3.63, 3.8) is 0 Å². The molecule has 1 atom stereocenters. The van der Waals surface area contributed by atoms with Gasteiger partial charge in [0.25, 0.3) is 0 Å². The van der Waals surface area contributed by atoms with Gasteiger partial charge in [-0.3, -0.25) is 14.6 Å². The van der Waals surface area contributed by atoms with E-state index < -0.39 is 0 Å².